The molecule has 1 amide bonds. The number of thioether (sulfide) groups is 1. The molecule has 1 saturated carbocycles. The standard InChI is InChI=1S/C16H16N6OS2/c1-10-2-4-11(5-3-10)13-8-24-15(17-13)18-14(23)9-25-16-19-20-21-22(16)12-6-7-12/h2-5,8,12H,6-7,9H2,1H3,(H,17,18,23). The van der Waals surface area contributed by atoms with Gasteiger partial charge in [0.2, 0.25) is 11.1 Å². The number of nitrogens with one attached hydrogen (secondary N) is 1. The molecule has 1 N–H and O–H groups in total. The lowest BCUT2D eigenvalue weighted by Gasteiger charge is -2.02. The van der Waals surface area contributed by atoms with E-state index in [1.807, 2.05) is 36.6 Å². The highest BCUT2D eigenvalue weighted by Gasteiger charge is 2.28. The van der Waals surface area contributed by atoms with E-state index in [1.54, 1.807) is 4.68 Å². The molecule has 7 nitrogen and oxygen atoms in total. The molecular formula is C16H16N6OS2. The highest BCUT2D eigenvalue weighted by atomic mass is 32.2. The predicted molar refractivity (Wildman–Crippen MR) is 97.7 cm³/mol. The maximum absolute atomic E-state index is 12.2. The number of carbonyl (C=O) groups excluding carboxylic acids is 1. The highest BCUT2D eigenvalue weighted by Crippen LogP contribution is 2.36. The number of tetrazole rings is 1. The van der Waals surface area contributed by atoms with E-state index in [-0.39, 0.29) is 11.7 Å². The fraction of sp³-hybridized carbons (Fsp3) is 0.312. The van der Waals surface area contributed by atoms with E-state index in [9.17, 15) is 4.79 Å². The molecule has 9 heteroatoms. The van der Waals surface area contributed by atoms with Crippen LogP contribution >= 0.6 is 23.1 Å². The van der Waals surface area contributed by atoms with Crippen molar-refractivity contribution in [3.05, 3.63) is 35.2 Å². The average Bonchev–Trinajstić information content (AvgIpc) is 3.16. The van der Waals surface area contributed by atoms with E-state index in [0.717, 1.165) is 24.1 Å². The van der Waals surface area contributed by atoms with Gasteiger partial charge in [0.25, 0.3) is 0 Å². The van der Waals surface area contributed by atoms with Crippen molar-refractivity contribution in [2.24, 2.45) is 0 Å². The Morgan fingerprint density at radius 3 is 2.92 bits per heavy atom. The summed E-state index contributed by atoms with van der Waals surface area (Å²) in [6.45, 7) is 2.05. The van der Waals surface area contributed by atoms with Crippen LogP contribution in [0, 0.1) is 6.92 Å². The molecule has 2 heterocycles. The van der Waals surface area contributed by atoms with Crippen molar-refractivity contribution in [3.8, 4) is 11.3 Å². The second-order valence-electron chi connectivity index (χ2n) is 5.88. The van der Waals surface area contributed by atoms with Gasteiger partial charge in [-0.15, -0.1) is 16.4 Å². The second kappa shape index (κ2) is 6.93. The Balaban J connectivity index is 1.35. The molecule has 4 rings (SSSR count). The van der Waals surface area contributed by atoms with Crippen LogP contribution in [-0.2, 0) is 4.79 Å². The summed E-state index contributed by atoms with van der Waals surface area (Å²) < 4.78 is 1.80. The third kappa shape index (κ3) is 3.88. The summed E-state index contributed by atoms with van der Waals surface area (Å²) in [5.41, 5.74) is 3.11. The van der Waals surface area contributed by atoms with E-state index in [1.165, 1.54) is 28.7 Å². The van der Waals surface area contributed by atoms with Gasteiger partial charge in [-0.1, -0.05) is 41.6 Å². The number of aromatic nitrogens is 5. The van der Waals surface area contributed by atoms with Crippen LogP contribution in [0.25, 0.3) is 11.3 Å². The minimum absolute atomic E-state index is 0.111. The second-order valence-corrected chi connectivity index (χ2v) is 7.68. The van der Waals surface area contributed by atoms with Crippen LogP contribution in [0.3, 0.4) is 0 Å². The van der Waals surface area contributed by atoms with Crippen molar-refractivity contribution in [1.82, 2.24) is 25.2 Å². The number of hydrogen-bond donors (Lipinski definition) is 1. The summed E-state index contributed by atoms with van der Waals surface area (Å²) in [6.07, 6.45) is 2.21. The first-order valence-corrected chi connectivity index (χ1v) is 9.78. The van der Waals surface area contributed by atoms with Gasteiger partial charge < -0.3 is 5.32 Å². The van der Waals surface area contributed by atoms with Crippen LogP contribution in [0.2, 0.25) is 0 Å². The van der Waals surface area contributed by atoms with Crippen LogP contribution in [0.1, 0.15) is 24.4 Å². The Kier molecular flexibility index (Phi) is 4.50. The highest BCUT2D eigenvalue weighted by molar-refractivity contribution is 7.99. The first-order chi connectivity index (χ1) is 12.2. The molecule has 0 bridgehead atoms. The van der Waals surface area contributed by atoms with Gasteiger partial charge in [0, 0.05) is 10.9 Å². The Morgan fingerprint density at radius 2 is 2.16 bits per heavy atom. The Hall–Kier alpha value is -2.26. The zero-order valence-electron chi connectivity index (χ0n) is 13.5. The Bertz CT molecular complexity index is 884. The van der Waals surface area contributed by atoms with Gasteiger partial charge >= 0.3 is 0 Å². The molecule has 0 aliphatic heterocycles. The number of aryl methyl sites for hydroxylation is 1. The molecule has 0 saturated heterocycles. The van der Waals surface area contributed by atoms with Crippen LogP contribution in [-0.4, -0.2) is 36.9 Å². The molecule has 0 radical (unpaired) electrons. The molecule has 1 aromatic carbocycles. The Morgan fingerprint density at radius 1 is 1.36 bits per heavy atom. The normalized spacial score (nSPS) is 13.8. The number of benzene rings is 1. The summed E-state index contributed by atoms with van der Waals surface area (Å²) in [6, 6.07) is 8.56. The van der Waals surface area contributed by atoms with Gasteiger partial charge in [-0.25, -0.2) is 9.67 Å². The fourth-order valence-electron chi connectivity index (χ4n) is 2.30. The quantitative estimate of drug-likeness (QED) is 0.669. The molecule has 0 spiro atoms. The van der Waals surface area contributed by atoms with Crippen molar-refractivity contribution in [3.63, 3.8) is 0 Å². The molecule has 128 valence electrons. The molecule has 3 aromatic rings. The Labute approximate surface area is 152 Å². The van der Waals surface area contributed by atoms with E-state index in [4.69, 9.17) is 0 Å². The van der Waals surface area contributed by atoms with Gasteiger partial charge in [0.15, 0.2) is 5.13 Å². The summed E-state index contributed by atoms with van der Waals surface area (Å²) in [4.78, 5) is 16.6. The summed E-state index contributed by atoms with van der Waals surface area (Å²) in [7, 11) is 0. The molecule has 2 aromatic heterocycles. The lowest BCUT2D eigenvalue weighted by molar-refractivity contribution is -0.113. The number of thiazole rings is 1. The number of rotatable bonds is 6. The zero-order valence-corrected chi connectivity index (χ0v) is 15.2. The van der Waals surface area contributed by atoms with E-state index in [0.29, 0.717) is 16.3 Å². The van der Waals surface area contributed by atoms with Crippen molar-refractivity contribution in [2.45, 2.75) is 31.0 Å². The van der Waals surface area contributed by atoms with E-state index >= 15 is 0 Å². The molecule has 1 aliphatic rings. The van der Waals surface area contributed by atoms with Crippen LogP contribution in [0.5, 0.6) is 0 Å². The molecule has 1 aliphatic carbocycles. The zero-order chi connectivity index (χ0) is 17.2. The average molecular weight is 372 g/mol. The van der Waals surface area contributed by atoms with Crippen molar-refractivity contribution in [2.75, 3.05) is 11.1 Å². The molecule has 0 unspecified atom stereocenters. The number of amides is 1. The summed E-state index contributed by atoms with van der Waals surface area (Å²) >= 11 is 2.77. The van der Waals surface area contributed by atoms with Crippen molar-refractivity contribution in [1.29, 1.82) is 0 Å². The van der Waals surface area contributed by atoms with Crippen LogP contribution < -0.4 is 5.32 Å². The minimum Gasteiger partial charge on any atom is -0.301 e. The first kappa shape index (κ1) is 16.2. The number of nitrogens with zero attached hydrogens (tertiary/aromatic N) is 5. The first-order valence-electron chi connectivity index (χ1n) is 7.92. The fourth-order valence-corrected chi connectivity index (χ4v) is 3.78. The van der Waals surface area contributed by atoms with Gasteiger partial charge in [0.05, 0.1) is 17.5 Å². The maximum atomic E-state index is 12.2. The number of hydrogen-bond acceptors (Lipinski definition) is 7. The van der Waals surface area contributed by atoms with Crippen LogP contribution in [0.4, 0.5) is 5.13 Å². The van der Waals surface area contributed by atoms with Gasteiger partial charge in [-0.05, 0) is 30.2 Å². The molecule has 0 atom stereocenters. The van der Waals surface area contributed by atoms with Crippen molar-refractivity contribution < 1.29 is 4.79 Å². The predicted octanol–water partition coefficient (Wildman–Crippen LogP) is 3.17. The van der Waals surface area contributed by atoms with Gasteiger partial charge in [-0.3, -0.25) is 4.79 Å². The third-order valence-electron chi connectivity index (χ3n) is 3.79. The largest absolute Gasteiger partial charge is 0.301 e. The van der Waals surface area contributed by atoms with Crippen molar-refractivity contribution >= 4 is 34.1 Å². The monoisotopic (exact) mass is 372 g/mol. The molecule has 1 fully saturated rings. The SMILES string of the molecule is Cc1ccc(-c2csc(NC(=O)CSc3nnnn3C3CC3)n2)cc1. The smallest absolute Gasteiger partial charge is 0.236 e. The summed E-state index contributed by atoms with van der Waals surface area (Å²) in [5.74, 6) is 0.146. The topological polar surface area (TPSA) is 85.6 Å². The van der Waals surface area contributed by atoms with E-state index in [2.05, 4.69) is 25.8 Å². The molecule has 25 heavy (non-hydrogen) atoms. The van der Waals surface area contributed by atoms with Gasteiger partial charge in [-0.2, -0.15) is 0 Å². The maximum Gasteiger partial charge on any atom is 0.236 e. The minimum atomic E-state index is -0.111. The molecular weight excluding hydrogens is 356 g/mol. The van der Waals surface area contributed by atoms with Gasteiger partial charge in [0.1, 0.15) is 0 Å². The lowest BCUT2D eigenvalue weighted by Crippen LogP contribution is -2.14. The third-order valence-corrected chi connectivity index (χ3v) is 5.48. The number of anilines is 1. The van der Waals surface area contributed by atoms with Crippen LogP contribution in [0.15, 0.2) is 34.8 Å². The number of carbonyl (C=O) groups is 1. The van der Waals surface area contributed by atoms with E-state index < -0.39 is 0 Å². The summed E-state index contributed by atoms with van der Waals surface area (Å²) in [5, 5.41) is 17.7. The lowest BCUT2D eigenvalue weighted by atomic mass is 10.1.